The summed E-state index contributed by atoms with van der Waals surface area (Å²) in [7, 11) is 4.92. The first-order chi connectivity index (χ1) is 8.80. The van der Waals surface area contributed by atoms with Gasteiger partial charge in [0, 0.05) is 6.04 Å². The Hall–Kier alpha value is -1.13. The Morgan fingerprint density at radius 1 is 1.00 bits per heavy atom. The van der Waals surface area contributed by atoms with Crippen LogP contribution in [0, 0.1) is 0 Å². The van der Waals surface area contributed by atoms with E-state index in [4.69, 9.17) is 14.2 Å². The van der Waals surface area contributed by atoms with Crippen LogP contribution in [0.1, 0.15) is 30.9 Å². The summed E-state index contributed by atoms with van der Waals surface area (Å²) in [5.74, 6) is 2.10. The SMILES string of the molecule is COc1cc([C@@H]2CCCCN2)cc(OC)c1OC.Cl. The number of ether oxygens (including phenoxy) is 3. The molecule has 1 aromatic carbocycles. The number of methoxy groups -OCH3 is 3. The summed E-state index contributed by atoms with van der Waals surface area (Å²) in [6.07, 6.45) is 3.66. The molecule has 0 bridgehead atoms. The molecule has 0 unspecified atom stereocenters. The van der Waals surface area contributed by atoms with Crippen LogP contribution < -0.4 is 19.5 Å². The minimum atomic E-state index is 0. The maximum absolute atomic E-state index is 5.38. The molecule has 0 radical (unpaired) electrons. The van der Waals surface area contributed by atoms with E-state index in [0.717, 1.165) is 24.5 Å². The van der Waals surface area contributed by atoms with Crippen LogP contribution in [0.3, 0.4) is 0 Å². The van der Waals surface area contributed by atoms with E-state index in [1.807, 2.05) is 12.1 Å². The summed E-state index contributed by atoms with van der Waals surface area (Å²) < 4.78 is 16.1. The van der Waals surface area contributed by atoms with Crippen molar-refractivity contribution < 1.29 is 14.2 Å². The number of benzene rings is 1. The van der Waals surface area contributed by atoms with Gasteiger partial charge in [0.15, 0.2) is 11.5 Å². The second kappa shape index (κ2) is 7.46. The fraction of sp³-hybridized carbons (Fsp3) is 0.571. The molecule has 1 aliphatic heterocycles. The maximum Gasteiger partial charge on any atom is 0.203 e. The molecule has 108 valence electrons. The number of piperidine rings is 1. The highest BCUT2D eigenvalue weighted by Crippen LogP contribution is 2.40. The predicted molar refractivity (Wildman–Crippen MR) is 77.9 cm³/mol. The summed E-state index contributed by atoms with van der Waals surface area (Å²) >= 11 is 0. The van der Waals surface area contributed by atoms with E-state index in [9.17, 15) is 0 Å². The van der Waals surface area contributed by atoms with E-state index in [1.165, 1.54) is 18.4 Å². The van der Waals surface area contributed by atoms with Gasteiger partial charge in [0.05, 0.1) is 21.3 Å². The van der Waals surface area contributed by atoms with Crippen LogP contribution in [0.15, 0.2) is 12.1 Å². The minimum Gasteiger partial charge on any atom is -0.493 e. The Morgan fingerprint density at radius 3 is 2.05 bits per heavy atom. The molecule has 0 spiro atoms. The van der Waals surface area contributed by atoms with Gasteiger partial charge in [0.2, 0.25) is 5.75 Å². The van der Waals surface area contributed by atoms with Crippen molar-refractivity contribution in [3.05, 3.63) is 17.7 Å². The van der Waals surface area contributed by atoms with Gasteiger partial charge in [-0.3, -0.25) is 0 Å². The molecule has 0 aliphatic carbocycles. The van der Waals surface area contributed by atoms with Crippen LogP contribution >= 0.6 is 12.4 Å². The lowest BCUT2D eigenvalue weighted by Crippen LogP contribution is -2.26. The van der Waals surface area contributed by atoms with E-state index < -0.39 is 0 Å². The van der Waals surface area contributed by atoms with E-state index in [2.05, 4.69) is 5.32 Å². The second-order valence-electron chi connectivity index (χ2n) is 4.46. The molecule has 1 saturated heterocycles. The summed E-state index contributed by atoms with van der Waals surface area (Å²) in [6.45, 7) is 1.07. The first-order valence-corrected chi connectivity index (χ1v) is 6.33. The lowest BCUT2D eigenvalue weighted by Gasteiger charge is -2.25. The predicted octanol–water partition coefficient (Wildman–Crippen LogP) is 2.95. The van der Waals surface area contributed by atoms with E-state index >= 15 is 0 Å². The maximum atomic E-state index is 5.38. The molecule has 0 amide bonds. The van der Waals surface area contributed by atoms with Crippen LogP contribution in [0.25, 0.3) is 0 Å². The first-order valence-electron chi connectivity index (χ1n) is 6.33. The average Bonchev–Trinajstić information content (AvgIpc) is 2.46. The minimum absolute atomic E-state index is 0. The molecular weight excluding hydrogens is 266 g/mol. The fourth-order valence-electron chi connectivity index (χ4n) is 2.44. The van der Waals surface area contributed by atoms with Gasteiger partial charge in [-0.05, 0) is 37.1 Å². The number of rotatable bonds is 4. The van der Waals surface area contributed by atoms with Gasteiger partial charge in [0.25, 0.3) is 0 Å². The third kappa shape index (κ3) is 3.45. The molecule has 2 rings (SSSR count). The second-order valence-corrected chi connectivity index (χ2v) is 4.46. The van der Waals surface area contributed by atoms with Gasteiger partial charge in [-0.2, -0.15) is 0 Å². The molecule has 1 atom stereocenters. The molecule has 1 aliphatic rings. The molecule has 5 heteroatoms. The quantitative estimate of drug-likeness (QED) is 0.924. The Labute approximate surface area is 120 Å². The summed E-state index contributed by atoms with van der Waals surface area (Å²) in [5, 5.41) is 3.52. The molecule has 1 heterocycles. The van der Waals surface area contributed by atoms with Crippen molar-refractivity contribution in [3.8, 4) is 17.2 Å². The fourth-order valence-corrected chi connectivity index (χ4v) is 2.44. The molecule has 1 N–H and O–H groups in total. The number of nitrogens with one attached hydrogen (secondary N) is 1. The molecule has 1 aromatic rings. The zero-order chi connectivity index (χ0) is 13.0. The van der Waals surface area contributed by atoms with Crippen LogP contribution in [-0.4, -0.2) is 27.9 Å². The lowest BCUT2D eigenvalue weighted by atomic mass is 9.97. The Balaban J connectivity index is 0.00000180. The van der Waals surface area contributed by atoms with Gasteiger partial charge in [0.1, 0.15) is 0 Å². The van der Waals surface area contributed by atoms with Crippen molar-refractivity contribution in [2.75, 3.05) is 27.9 Å². The van der Waals surface area contributed by atoms with Crippen molar-refractivity contribution in [3.63, 3.8) is 0 Å². The van der Waals surface area contributed by atoms with Crippen LogP contribution in [0.2, 0.25) is 0 Å². The normalized spacial score (nSPS) is 18.4. The third-order valence-corrected chi connectivity index (χ3v) is 3.40. The highest BCUT2D eigenvalue weighted by atomic mass is 35.5. The van der Waals surface area contributed by atoms with Crippen LogP contribution in [0.5, 0.6) is 17.2 Å². The van der Waals surface area contributed by atoms with Gasteiger partial charge < -0.3 is 19.5 Å². The molecule has 19 heavy (non-hydrogen) atoms. The Kier molecular flexibility index (Phi) is 6.25. The molecule has 0 saturated carbocycles. The molecule has 1 fully saturated rings. The third-order valence-electron chi connectivity index (χ3n) is 3.40. The topological polar surface area (TPSA) is 39.7 Å². The smallest absolute Gasteiger partial charge is 0.203 e. The van der Waals surface area contributed by atoms with E-state index in [1.54, 1.807) is 21.3 Å². The van der Waals surface area contributed by atoms with Crippen molar-refractivity contribution in [1.82, 2.24) is 5.32 Å². The van der Waals surface area contributed by atoms with E-state index in [0.29, 0.717) is 11.8 Å². The molecule has 4 nitrogen and oxygen atoms in total. The monoisotopic (exact) mass is 287 g/mol. The Bertz CT molecular complexity index is 381. The van der Waals surface area contributed by atoms with Crippen LogP contribution in [-0.2, 0) is 0 Å². The zero-order valence-corrected chi connectivity index (χ0v) is 12.5. The summed E-state index contributed by atoms with van der Waals surface area (Å²) in [6, 6.07) is 4.45. The molecule has 0 aromatic heterocycles. The zero-order valence-electron chi connectivity index (χ0n) is 11.7. The number of halogens is 1. The highest BCUT2D eigenvalue weighted by Gasteiger charge is 2.20. The van der Waals surface area contributed by atoms with Gasteiger partial charge >= 0.3 is 0 Å². The lowest BCUT2D eigenvalue weighted by molar-refractivity contribution is 0.321. The number of hydrogen-bond donors (Lipinski definition) is 1. The summed E-state index contributed by atoms with van der Waals surface area (Å²) in [4.78, 5) is 0. The van der Waals surface area contributed by atoms with Gasteiger partial charge in [-0.25, -0.2) is 0 Å². The Morgan fingerprint density at radius 2 is 1.63 bits per heavy atom. The molecular formula is C14H22ClNO3. The van der Waals surface area contributed by atoms with Crippen molar-refractivity contribution in [2.24, 2.45) is 0 Å². The average molecular weight is 288 g/mol. The highest BCUT2D eigenvalue weighted by molar-refractivity contribution is 5.85. The standard InChI is InChI=1S/C14H21NO3.ClH/c1-16-12-8-10(11-6-4-5-7-15-11)9-13(17-2)14(12)18-3;/h8-9,11,15H,4-7H2,1-3H3;1H/t11-;/m0./s1. The van der Waals surface area contributed by atoms with Crippen molar-refractivity contribution >= 4 is 12.4 Å². The first kappa shape index (κ1) is 15.9. The number of hydrogen-bond acceptors (Lipinski definition) is 4. The van der Waals surface area contributed by atoms with Gasteiger partial charge in [-0.1, -0.05) is 6.42 Å². The largest absolute Gasteiger partial charge is 0.493 e. The summed E-state index contributed by atoms with van der Waals surface area (Å²) in [5.41, 5.74) is 1.20. The van der Waals surface area contributed by atoms with Crippen LogP contribution in [0.4, 0.5) is 0 Å². The van der Waals surface area contributed by atoms with Gasteiger partial charge in [-0.15, -0.1) is 12.4 Å². The van der Waals surface area contributed by atoms with E-state index in [-0.39, 0.29) is 12.4 Å². The van der Waals surface area contributed by atoms with Crippen molar-refractivity contribution in [2.45, 2.75) is 25.3 Å². The van der Waals surface area contributed by atoms with Crippen molar-refractivity contribution in [1.29, 1.82) is 0 Å².